The van der Waals surface area contributed by atoms with Crippen molar-refractivity contribution >= 4 is 40.9 Å². The van der Waals surface area contributed by atoms with Gasteiger partial charge in [-0.3, -0.25) is 4.79 Å². The van der Waals surface area contributed by atoms with Crippen molar-refractivity contribution < 1.29 is 37.8 Å². The summed E-state index contributed by atoms with van der Waals surface area (Å²) in [5.74, 6) is -3.38. The first kappa shape index (κ1) is 31.1. The predicted molar refractivity (Wildman–Crippen MR) is 157 cm³/mol. The minimum atomic E-state index is -1.14. The van der Waals surface area contributed by atoms with Crippen LogP contribution in [0.1, 0.15) is 36.0 Å². The van der Waals surface area contributed by atoms with Crippen molar-refractivity contribution in [2.75, 3.05) is 37.5 Å². The van der Waals surface area contributed by atoms with E-state index in [0.29, 0.717) is 11.8 Å². The lowest BCUT2D eigenvalue weighted by Crippen LogP contribution is -2.60. The Hall–Kier alpha value is -4.84. The molecule has 0 radical (unpaired) electrons. The van der Waals surface area contributed by atoms with E-state index >= 15 is 0 Å². The summed E-state index contributed by atoms with van der Waals surface area (Å²) in [7, 11) is 3.13. The number of likely N-dealkylation sites (N-methyl/N-ethyl adjacent to an activating group) is 2. The molecule has 43 heavy (non-hydrogen) atoms. The van der Waals surface area contributed by atoms with Crippen molar-refractivity contribution in [1.82, 2.24) is 9.80 Å². The minimum absolute atomic E-state index is 0.00345. The van der Waals surface area contributed by atoms with Crippen molar-refractivity contribution in [2.24, 2.45) is 0 Å². The first-order valence-corrected chi connectivity index (χ1v) is 13.7. The smallest absolute Gasteiger partial charge is 0.338 e. The van der Waals surface area contributed by atoms with Gasteiger partial charge in [0.05, 0.1) is 12.6 Å². The SMILES string of the molecule is CN(C(=O)COc1ccccc1[N+](C)(C(=O)CNC(=O)Nc1cccc(C(=O)O)c1)C1CCCC1)c1cc(F)cc(F)c1. The molecule has 0 bridgehead atoms. The molecule has 1 atom stereocenters. The fourth-order valence-electron chi connectivity index (χ4n) is 5.26. The summed E-state index contributed by atoms with van der Waals surface area (Å²) < 4.78 is 33.1. The molecule has 3 N–H and O–H groups in total. The average molecular weight is 596 g/mol. The van der Waals surface area contributed by atoms with Gasteiger partial charge in [-0.25, -0.2) is 27.6 Å². The van der Waals surface area contributed by atoms with E-state index in [-0.39, 0.29) is 45.7 Å². The summed E-state index contributed by atoms with van der Waals surface area (Å²) in [5, 5.41) is 14.3. The van der Waals surface area contributed by atoms with Gasteiger partial charge in [-0.1, -0.05) is 18.2 Å². The topological polar surface area (TPSA) is 125 Å². The number of hydrogen-bond donors (Lipinski definition) is 3. The lowest BCUT2D eigenvalue weighted by atomic mass is 10.1. The fourth-order valence-corrected chi connectivity index (χ4v) is 5.26. The van der Waals surface area contributed by atoms with Gasteiger partial charge in [0.15, 0.2) is 18.0 Å². The second-order valence-electron chi connectivity index (χ2n) is 10.4. The number of ether oxygens (including phenoxy) is 1. The predicted octanol–water partition coefficient (Wildman–Crippen LogP) is 4.93. The Labute approximate surface area is 247 Å². The molecule has 226 valence electrons. The molecule has 3 aromatic carbocycles. The monoisotopic (exact) mass is 595 g/mol. The van der Waals surface area contributed by atoms with Crippen molar-refractivity contribution in [2.45, 2.75) is 31.7 Å². The van der Waals surface area contributed by atoms with Crippen LogP contribution in [0.25, 0.3) is 0 Å². The van der Waals surface area contributed by atoms with Crippen LogP contribution in [0.5, 0.6) is 5.75 Å². The van der Waals surface area contributed by atoms with Gasteiger partial charge < -0.3 is 25.4 Å². The number of carbonyl (C=O) groups excluding carboxylic acids is 3. The fraction of sp³-hybridized carbons (Fsp3) is 0.290. The third-order valence-electron chi connectivity index (χ3n) is 7.67. The lowest BCUT2D eigenvalue weighted by molar-refractivity contribution is -0.130. The van der Waals surface area contributed by atoms with Crippen LogP contribution in [0.15, 0.2) is 66.7 Å². The molecule has 1 unspecified atom stereocenters. The zero-order valence-electron chi connectivity index (χ0n) is 23.8. The first-order valence-electron chi connectivity index (χ1n) is 13.7. The third kappa shape index (κ3) is 7.33. The normalized spacial score (nSPS) is 14.4. The van der Waals surface area contributed by atoms with Crippen LogP contribution < -0.4 is 24.8 Å². The molecule has 4 rings (SSSR count). The van der Waals surface area contributed by atoms with Crippen molar-refractivity contribution in [3.63, 3.8) is 0 Å². The summed E-state index contributed by atoms with van der Waals surface area (Å²) >= 11 is 0. The molecular formula is C31H33F2N4O6+. The van der Waals surface area contributed by atoms with E-state index in [4.69, 9.17) is 4.74 Å². The average Bonchev–Trinajstić information content (AvgIpc) is 3.53. The van der Waals surface area contributed by atoms with Gasteiger partial charge in [0.2, 0.25) is 0 Å². The Morgan fingerprint density at radius 3 is 2.33 bits per heavy atom. The van der Waals surface area contributed by atoms with E-state index < -0.39 is 36.1 Å². The lowest BCUT2D eigenvalue weighted by Gasteiger charge is -2.37. The minimum Gasteiger partial charge on any atom is -0.478 e. The Balaban J connectivity index is 1.50. The maximum atomic E-state index is 13.9. The number of rotatable bonds is 10. The van der Waals surface area contributed by atoms with Crippen LogP contribution >= 0.6 is 0 Å². The number of nitrogens with zero attached hydrogens (tertiary/aromatic N) is 2. The number of halogens is 2. The number of carbonyl (C=O) groups is 4. The van der Waals surface area contributed by atoms with Crippen LogP contribution in [0.2, 0.25) is 0 Å². The second kappa shape index (κ2) is 13.4. The zero-order chi connectivity index (χ0) is 31.1. The summed E-state index contributed by atoms with van der Waals surface area (Å²) in [4.78, 5) is 51.6. The van der Waals surface area contributed by atoms with E-state index in [9.17, 15) is 33.1 Å². The van der Waals surface area contributed by atoms with Gasteiger partial charge in [-0.2, -0.15) is 0 Å². The highest BCUT2D eigenvalue weighted by molar-refractivity contribution is 5.98. The first-order chi connectivity index (χ1) is 20.5. The summed E-state index contributed by atoms with van der Waals surface area (Å²) in [5.41, 5.74) is 0.791. The van der Waals surface area contributed by atoms with Crippen molar-refractivity contribution in [1.29, 1.82) is 0 Å². The van der Waals surface area contributed by atoms with Gasteiger partial charge in [0, 0.05) is 43.4 Å². The highest BCUT2D eigenvalue weighted by Gasteiger charge is 2.45. The molecular weight excluding hydrogens is 562 g/mol. The number of urea groups is 1. The summed E-state index contributed by atoms with van der Waals surface area (Å²) in [6, 6.07) is 14.5. The standard InChI is InChI=1S/C31H32F2N4O6/c1-36(24-16-21(32)15-22(33)17-24)28(38)19-43-27-13-6-5-12-26(27)37(2,25-10-3-4-11-25)29(39)18-34-31(42)35-23-9-7-8-20(14-23)30(40)41/h5-9,12-17,25H,3-4,10-11,18-19H2,1-2H3,(H2-,34,35,40,41,42)/p+1. The van der Waals surface area contributed by atoms with Gasteiger partial charge in [-0.15, -0.1) is 0 Å². The molecule has 0 aliphatic heterocycles. The maximum Gasteiger partial charge on any atom is 0.338 e. The molecule has 1 fully saturated rings. The zero-order valence-corrected chi connectivity index (χ0v) is 23.8. The van der Waals surface area contributed by atoms with Gasteiger partial charge in [0.1, 0.15) is 24.2 Å². The molecule has 1 aliphatic rings. The number of aromatic carboxylic acids is 1. The van der Waals surface area contributed by atoms with E-state index in [1.165, 1.54) is 31.3 Å². The maximum absolute atomic E-state index is 13.9. The molecule has 3 aromatic rings. The Morgan fingerprint density at radius 2 is 1.65 bits per heavy atom. The van der Waals surface area contributed by atoms with Gasteiger partial charge in [0.25, 0.3) is 5.91 Å². The van der Waals surface area contributed by atoms with Crippen molar-refractivity contribution in [3.8, 4) is 5.75 Å². The molecule has 10 nitrogen and oxygen atoms in total. The van der Waals surface area contributed by atoms with E-state index in [1.54, 1.807) is 31.3 Å². The van der Waals surface area contributed by atoms with Crippen molar-refractivity contribution in [3.05, 3.63) is 83.9 Å². The summed E-state index contributed by atoms with van der Waals surface area (Å²) in [6.07, 6.45) is 3.38. The van der Waals surface area contributed by atoms with Gasteiger partial charge in [-0.05, 0) is 49.2 Å². The third-order valence-corrected chi connectivity index (χ3v) is 7.67. The Morgan fingerprint density at radius 1 is 0.977 bits per heavy atom. The van der Waals surface area contributed by atoms with E-state index in [1.807, 2.05) is 0 Å². The van der Waals surface area contributed by atoms with Crippen LogP contribution in [0, 0.1) is 11.6 Å². The van der Waals surface area contributed by atoms with Gasteiger partial charge >= 0.3 is 17.9 Å². The molecule has 0 saturated heterocycles. The highest BCUT2D eigenvalue weighted by atomic mass is 19.1. The number of para-hydroxylation sites is 2. The van der Waals surface area contributed by atoms with Crippen LogP contribution in [-0.4, -0.2) is 62.2 Å². The number of amides is 4. The molecule has 4 amide bonds. The van der Waals surface area contributed by atoms with E-state index in [0.717, 1.165) is 42.7 Å². The van der Waals surface area contributed by atoms with E-state index in [2.05, 4.69) is 10.6 Å². The molecule has 0 heterocycles. The second-order valence-corrected chi connectivity index (χ2v) is 10.4. The molecule has 12 heteroatoms. The molecule has 1 aliphatic carbocycles. The number of carboxylic acids is 1. The highest BCUT2D eigenvalue weighted by Crippen LogP contribution is 2.39. The van der Waals surface area contributed by atoms with Crippen LogP contribution in [-0.2, 0) is 9.59 Å². The number of carboxylic acid groups (broad SMARTS) is 1. The quantitative estimate of drug-likeness (QED) is 0.286. The summed E-state index contributed by atoms with van der Waals surface area (Å²) in [6.45, 7) is -0.793. The van der Waals surface area contributed by atoms with Crippen LogP contribution in [0.3, 0.4) is 0 Å². The number of hydrogen-bond acceptors (Lipinski definition) is 5. The Bertz CT molecular complexity index is 1510. The Kier molecular flexibility index (Phi) is 9.71. The molecule has 0 spiro atoms. The number of quaternary nitrogens is 1. The number of benzene rings is 3. The molecule has 0 aromatic heterocycles. The number of anilines is 2. The van der Waals surface area contributed by atoms with Crippen LogP contribution in [0.4, 0.5) is 30.6 Å². The molecule has 1 saturated carbocycles. The number of nitrogens with one attached hydrogen (secondary N) is 2. The largest absolute Gasteiger partial charge is 0.478 e.